The smallest absolute Gasteiger partial charge is 0.337 e. The molecule has 24 heavy (non-hydrogen) atoms. The van der Waals surface area contributed by atoms with Gasteiger partial charge in [-0.3, -0.25) is 14.9 Å². The van der Waals surface area contributed by atoms with E-state index in [1.807, 2.05) is 0 Å². The number of carbonyl (C=O) groups is 2. The first-order valence-corrected chi connectivity index (χ1v) is 6.93. The normalized spacial score (nSPS) is 11.4. The Bertz CT molecular complexity index is 772. The Kier molecular flexibility index (Phi) is 5.10. The maximum absolute atomic E-state index is 12.1. The van der Waals surface area contributed by atoms with Crippen molar-refractivity contribution in [2.45, 2.75) is 13.0 Å². The Hall–Kier alpha value is -3.42. The molecule has 0 fully saturated rings. The van der Waals surface area contributed by atoms with Gasteiger partial charge in [-0.05, 0) is 31.2 Å². The second kappa shape index (κ2) is 7.23. The van der Waals surface area contributed by atoms with E-state index in [2.05, 4.69) is 5.32 Å². The van der Waals surface area contributed by atoms with Gasteiger partial charge in [0.25, 0.3) is 11.6 Å². The van der Waals surface area contributed by atoms with Crippen LogP contribution in [0.4, 0.5) is 11.4 Å². The summed E-state index contributed by atoms with van der Waals surface area (Å²) >= 11 is 0. The number of nitro groups is 1. The van der Waals surface area contributed by atoms with Crippen molar-refractivity contribution in [2.24, 2.45) is 0 Å². The summed E-state index contributed by atoms with van der Waals surface area (Å²) in [6.45, 7) is 1.49. The van der Waals surface area contributed by atoms with Crippen molar-refractivity contribution in [1.82, 2.24) is 0 Å². The fourth-order valence-electron chi connectivity index (χ4n) is 1.92. The lowest BCUT2D eigenvalue weighted by molar-refractivity contribution is -0.384. The minimum Gasteiger partial charge on any atom is -0.481 e. The number of nitrogens with zero attached hydrogens (tertiary/aromatic N) is 1. The predicted molar refractivity (Wildman–Crippen MR) is 85.2 cm³/mol. The number of hydrogen-bond donors (Lipinski definition) is 2. The lowest BCUT2D eigenvalue weighted by atomic mass is 10.1. The molecule has 2 aromatic rings. The number of carboxylic acid groups (broad SMARTS) is 1. The van der Waals surface area contributed by atoms with Crippen LogP contribution in [0.3, 0.4) is 0 Å². The lowest BCUT2D eigenvalue weighted by Crippen LogP contribution is -2.30. The molecule has 8 nitrogen and oxygen atoms in total. The maximum atomic E-state index is 12.1. The number of anilines is 1. The summed E-state index contributed by atoms with van der Waals surface area (Å²) < 4.78 is 5.40. The minimum atomic E-state index is -1.16. The monoisotopic (exact) mass is 330 g/mol. The van der Waals surface area contributed by atoms with Gasteiger partial charge in [-0.15, -0.1) is 0 Å². The van der Waals surface area contributed by atoms with E-state index in [9.17, 15) is 19.7 Å². The second-order valence-corrected chi connectivity index (χ2v) is 4.85. The van der Waals surface area contributed by atoms with Gasteiger partial charge >= 0.3 is 5.97 Å². The Labute approximate surface area is 136 Å². The Balaban J connectivity index is 2.05. The molecule has 1 amide bonds. The molecule has 1 unspecified atom stereocenters. The highest BCUT2D eigenvalue weighted by atomic mass is 16.6. The number of nitrogens with one attached hydrogen (secondary N) is 1. The standard InChI is InChI=1S/C16H14N2O6/c1-10(24-12-8-6-11(7-9-12)18(22)23)15(19)17-14-5-3-2-4-13(14)16(20)21/h2-10H,1H3,(H,17,19)(H,20,21). The van der Waals surface area contributed by atoms with Crippen LogP contribution in [0.15, 0.2) is 48.5 Å². The average molecular weight is 330 g/mol. The van der Waals surface area contributed by atoms with E-state index in [1.165, 1.54) is 43.3 Å². The van der Waals surface area contributed by atoms with E-state index in [-0.39, 0.29) is 22.7 Å². The van der Waals surface area contributed by atoms with Crippen LogP contribution >= 0.6 is 0 Å². The molecule has 2 aromatic carbocycles. The number of non-ortho nitro benzene ring substituents is 1. The number of carbonyl (C=O) groups excluding carboxylic acids is 1. The summed E-state index contributed by atoms with van der Waals surface area (Å²) in [5.74, 6) is -1.41. The zero-order valence-electron chi connectivity index (χ0n) is 12.6. The molecule has 0 aromatic heterocycles. The van der Waals surface area contributed by atoms with Crippen molar-refractivity contribution in [3.8, 4) is 5.75 Å². The average Bonchev–Trinajstić information content (AvgIpc) is 2.55. The molecule has 0 aliphatic rings. The van der Waals surface area contributed by atoms with Gasteiger partial charge < -0.3 is 15.2 Å². The van der Waals surface area contributed by atoms with E-state index in [1.54, 1.807) is 12.1 Å². The Morgan fingerprint density at radius 2 is 1.79 bits per heavy atom. The fraction of sp³-hybridized carbons (Fsp3) is 0.125. The summed E-state index contributed by atoms with van der Waals surface area (Å²) in [4.78, 5) is 33.3. The molecule has 8 heteroatoms. The van der Waals surface area contributed by atoms with Crippen LogP contribution in [0.5, 0.6) is 5.75 Å². The third kappa shape index (κ3) is 4.07. The Morgan fingerprint density at radius 3 is 2.38 bits per heavy atom. The molecule has 0 spiro atoms. The zero-order chi connectivity index (χ0) is 17.7. The molecule has 2 N–H and O–H groups in total. The van der Waals surface area contributed by atoms with E-state index < -0.39 is 22.9 Å². The molecule has 0 saturated carbocycles. The molecular formula is C16H14N2O6. The number of aromatic carboxylic acids is 1. The molecule has 0 heterocycles. The molecular weight excluding hydrogens is 316 g/mol. The number of para-hydroxylation sites is 1. The molecule has 2 rings (SSSR count). The number of carboxylic acids is 1. The summed E-state index contributed by atoms with van der Waals surface area (Å²) in [5, 5.41) is 22.2. The topological polar surface area (TPSA) is 119 Å². The van der Waals surface area contributed by atoms with Crippen molar-refractivity contribution < 1.29 is 24.4 Å². The second-order valence-electron chi connectivity index (χ2n) is 4.85. The molecule has 124 valence electrons. The SMILES string of the molecule is CC(Oc1ccc([N+](=O)[O-])cc1)C(=O)Nc1ccccc1C(=O)O. The van der Waals surface area contributed by atoms with Crippen LogP contribution in [-0.4, -0.2) is 28.0 Å². The highest BCUT2D eigenvalue weighted by Gasteiger charge is 2.18. The quantitative estimate of drug-likeness (QED) is 0.621. The number of amides is 1. The summed E-state index contributed by atoms with van der Waals surface area (Å²) in [7, 11) is 0. The molecule has 0 aliphatic carbocycles. The first kappa shape index (κ1) is 16.9. The highest BCUT2D eigenvalue weighted by Crippen LogP contribution is 2.19. The van der Waals surface area contributed by atoms with Gasteiger partial charge in [0, 0.05) is 12.1 Å². The van der Waals surface area contributed by atoms with Gasteiger partial charge in [0.2, 0.25) is 0 Å². The fourth-order valence-corrected chi connectivity index (χ4v) is 1.92. The number of benzene rings is 2. The van der Waals surface area contributed by atoms with Gasteiger partial charge in [-0.25, -0.2) is 4.79 Å². The van der Waals surface area contributed by atoms with Crippen molar-refractivity contribution in [3.05, 3.63) is 64.2 Å². The molecule has 0 radical (unpaired) electrons. The third-order valence-corrected chi connectivity index (χ3v) is 3.14. The largest absolute Gasteiger partial charge is 0.481 e. The maximum Gasteiger partial charge on any atom is 0.337 e. The van der Waals surface area contributed by atoms with Gasteiger partial charge in [-0.2, -0.15) is 0 Å². The van der Waals surface area contributed by atoms with Gasteiger partial charge in [0.15, 0.2) is 6.10 Å². The van der Waals surface area contributed by atoms with Crippen LogP contribution in [0.2, 0.25) is 0 Å². The number of rotatable bonds is 6. The molecule has 1 atom stereocenters. The summed E-state index contributed by atoms with van der Waals surface area (Å²) in [5.41, 5.74) is 0.0392. The van der Waals surface area contributed by atoms with Crippen molar-refractivity contribution in [2.75, 3.05) is 5.32 Å². The molecule has 0 saturated heterocycles. The zero-order valence-corrected chi connectivity index (χ0v) is 12.6. The van der Waals surface area contributed by atoms with Gasteiger partial charge in [0.05, 0.1) is 16.2 Å². The van der Waals surface area contributed by atoms with Crippen LogP contribution in [0, 0.1) is 10.1 Å². The van der Waals surface area contributed by atoms with E-state index >= 15 is 0 Å². The minimum absolute atomic E-state index is 0.0339. The Morgan fingerprint density at radius 1 is 1.17 bits per heavy atom. The van der Waals surface area contributed by atoms with Crippen LogP contribution < -0.4 is 10.1 Å². The third-order valence-electron chi connectivity index (χ3n) is 3.14. The number of nitro benzene ring substituents is 1. The van der Waals surface area contributed by atoms with Crippen molar-refractivity contribution in [1.29, 1.82) is 0 Å². The first-order chi connectivity index (χ1) is 11.4. The first-order valence-electron chi connectivity index (χ1n) is 6.93. The van der Waals surface area contributed by atoms with E-state index in [4.69, 9.17) is 9.84 Å². The number of ether oxygens (including phenoxy) is 1. The van der Waals surface area contributed by atoms with Crippen molar-refractivity contribution >= 4 is 23.3 Å². The van der Waals surface area contributed by atoms with Gasteiger partial charge in [0.1, 0.15) is 5.75 Å². The van der Waals surface area contributed by atoms with Crippen LogP contribution in [0.25, 0.3) is 0 Å². The van der Waals surface area contributed by atoms with E-state index in [0.717, 1.165) is 0 Å². The van der Waals surface area contributed by atoms with E-state index in [0.29, 0.717) is 0 Å². The van der Waals surface area contributed by atoms with Crippen LogP contribution in [-0.2, 0) is 4.79 Å². The lowest BCUT2D eigenvalue weighted by Gasteiger charge is -2.15. The predicted octanol–water partition coefficient (Wildman–Crippen LogP) is 2.70. The van der Waals surface area contributed by atoms with Crippen LogP contribution in [0.1, 0.15) is 17.3 Å². The molecule has 0 bridgehead atoms. The number of hydrogen-bond acceptors (Lipinski definition) is 5. The van der Waals surface area contributed by atoms with Gasteiger partial charge in [-0.1, -0.05) is 12.1 Å². The summed E-state index contributed by atoms with van der Waals surface area (Å²) in [6, 6.07) is 11.3. The summed E-state index contributed by atoms with van der Waals surface area (Å²) in [6.07, 6.45) is -0.923. The van der Waals surface area contributed by atoms with Crippen molar-refractivity contribution in [3.63, 3.8) is 0 Å². The molecule has 0 aliphatic heterocycles. The highest BCUT2D eigenvalue weighted by molar-refractivity contribution is 6.01.